The summed E-state index contributed by atoms with van der Waals surface area (Å²) >= 11 is 0. The highest BCUT2D eigenvalue weighted by molar-refractivity contribution is 5.92. The minimum atomic E-state index is -4.81. The topological polar surface area (TPSA) is 66.4 Å². The second-order valence-electron chi connectivity index (χ2n) is 3.26. The summed E-state index contributed by atoms with van der Waals surface area (Å²) < 4.78 is 37.5. The van der Waals surface area contributed by atoms with Crippen LogP contribution in [0.15, 0.2) is 12.1 Å². The van der Waals surface area contributed by atoms with Crippen LogP contribution in [0.2, 0.25) is 0 Å². The zero-order valence-electron chi connectivity index (χ0n) is 8.63. The summed E-state index contributed by atoms with van der Waals surface area (Å²) in [5, 5.41) is 11.4. The summed E-state index contributed by atoms with van der Waals surface area (Å²) in [6.07, 6.45) is -4.61. The Morgan fingerprint density at radius 2 is 2.00 bits per heavy atom. The molecule has 0 fully saturated rings. The molecule has 0 heterocycles. The number of carbonyl (C=O) groups is 2. The van der Waals surface area contributed by atoms with Crippen molar-refractivity contribution in [3.8, 4) is 5.75 Å². The van der Waals surface area contributed by atoms with Crippen LogP contribution in [0.5, 0.6) is 5.75 Å². The highest BCUT2D eigenvalue weighted by atomic mass is 19.4. The smallest absolute Gasteiger partial charge is 0.420 e. The molecule has 0 atom stereocenters. The Morgan fingerprint density at radius 3 is 2.41 bits per heavy atom. The third-order valence-electron chi connectivity index (χ3n) is 1.88. The largest absolute Gasteiger partial charge is 0.505 e. The fourth-order valence-corrected chi connectivity index (χ4v) is 1.23. The lowest BCUT2D eigenvalue weighted by Crippen LogP contribution is -2.11. The number of benzene rings is 1. The first-order chi connectivity index (χ1) is 7.75. The van der Waals surface area contributed by atoms with E-state index in [1.165, 1.54) is 0 Å². The molecule has 2 N–H and O–H groups in total. The van der Waals surface area contributed by atoms with Crippen molar-refractivity contribution >= 4 is 17.9 Å². The van der Waals surface area contributed by atoms with Crippen molar-refractivity contribution in [2.24, 2.45) is 0 Å². The number of carbonyl (C=O) groups excluding carboxylic acids is 2. The SMILES string of the molecule is CC(=O)Nc1cc(C=O)cc(C(F)(F)F)c1O. The van der Waals surface area contributed by atoms with E-state index >= 15 is 0 Å². The fraction of sp³-hybridized carbons (Fsp3) is 0.200. The molecule has 0 saturated heterocycles. The summed E-state index contributed by atoms with van der Waals surface area (Å²) in [5.41, 5.74) is -2.11. The number of alkyl halides is 3. The molecule has 4 nitrogen and oxygen atoms in total. The zero-order chi connectivity index (χ0) is 13.2. The lowest BCUT2D eigenvalue weighted by Gasteiger charge is -2.13. The van der Waals surface area contributed by atoms with Gasteiger partial charge in [0, 0.05) is 12.5 Å². The molecule has 7 heteroatoms. The van der Waals surface area contributed by atoms with E-state index in [0.717, 1.165) is 13.0 Å². The highest BCUT2D eigenvalue weighted by Gasteiger charge is 2.35. The van der Waals surface area contributed by atoms with Gasteiger partial charge in [0.15, 0.2) is 5.75 Å². The Kier molecular flexibility index (Phi) is 3.40. The van der Waals surface area contributed by atoms with Crippen LogP contribution < -0.4 is 5.32 Å². The fourth-order valence-electron chi connectivity index (χ4n) is 1.23. The van der Waals surface area contributed by atoms with Gasteiger partial charge in [-0.25, -0.2) is 0 Å². The average Bonchev–Trinajstić information content (AvgIpc) is 2.18. The Labute approximate surface area is 94.1 Å². The Balaban J connectivity index is 3.41. The molecule has 0 saturated carbocycles. The number of amides is 1. The van der Waals surface area contributed by atoms with Gasteiger partial charge < -0.3 is 10.4 Å². The Morgan fingerprint density at radius 1 is 1.41 bits per heavy atom. The van der Waals surface area contributed by atoms with E-state index in [0.29, 0.717) is 6.07 Å². The molecule has 1 rings (SSSR count). The van der Waals surface area contributed by atoms with Crippen molar-refractivity contribution in [1.29, 1.82) is 0 Å². The molecule has 0 aliphatic rings. The first-order valence-electron chi connectivity index (χ1n) is 4.42. The van der Waals surface area contributed by atoms with Crippen molar-refractivity contribution in [1.82, 2.24) is 0 Å². The highest BCUT2D eigenvalue weighted by Crippen LogP contribution is 2.40. The molecule has 92 valence electrons. The van der Waals surface area contributed by atoms with Crippen LogP contribution in [-0.2, 0) is 11.0 Å². The molecule has 17 heavy (non-hydrogen) atoms. The van der Waals surface area contributed by atoms with Gasteiger partial charge in [0.05, 0.1) is 5.69 Å². The number of hydrogen-bond acceptors (Lipinski definition) is 3. The minimum absolute atomic E-state index is 0.194. The molecule has 0 aliphatic heterocycles. The first-order valence-corrected chi connectivity index (χ1v) is 4.42. The van der Waals surface area contributed by atoms with Gasteiger partial charge >= 0.3 is 6.18 Å². The maximum atomic E-state index is 12.5. The van der Waals surface area contributed by atoms with E-state index in [4.69, 9.17) is 0 Å². The molecule has 1 aromatic carbocycles. The summed E-state index contributed by atoms with van der Waals surface area (Å²) in [7, 11) is 0. The van der Waals surface area contributed by atoms with Crippen molar-refractivity contribution < 1.29 is 27.9 Å². The summed E-state index contributed by atoms with van der Waals surface area (Å²) in [6, 6.07) is 1.46. The first kappa shape index (κ1) is 13.0. The van der Waals surface area contributed by atoms with E-state index in [-0.39, 0.29) is 11.8 Å². The van der Waals surface area contributed by atoms with E-state index in [1.807, 2.05) is 5.32 Å². The lowest BCUT2D eigenvalue weighted by atomic mass is 10.1. The van der Waals surface area contributed by atoms with Gasteiger partial charge in [-0.2, -0.15) is 13.2 Å². The van der Waals surface area contributed by atoms with Crippen molar-refractivity contribution in [2.75, 3.05) is 5.32 Å². The van der Waals surface area contributed by atoms with E-state index in [1.54, 1.807) is 0 Å². The normalized spacial score (nSPS) is 11.1. The zero-order valence-corrected chi connectivity index (χ0v) is 8.63. The molecule has 0 aliphatic carbocycles. The van der Waals surface area contributed by atoms with Crippen LogP contribution >= 0.6 is 0 Å². The number of anilines is 1. The quantitative estimate of drug-likeness (QED) is 0.621. The lowest BCUT2D eigenvalue weighted by molar-refractivity contribution is -0.138. The van der Waals surface area contributed by atoms with Gasteiger partial charge in [0.25, 0.3) is 0 Å². The van der Waals surface area contributed by atoms with E-state index in [9.17, 15) is 27.9 Å². The molecule has 0 spiro atoms. The molecule has 0 radical (unpaired) electrons. The molecule has 0 aromatic heterocycles. The maximum Gasteiger partial charge on any atom is 0.420 e. The Hall–Kier alpha value is -2.05. The van der Waals surface area contributed by atoms with Crippen LogP contribution in [0, 0.1) is 0 Å². The average molecular weight is 247 g/mol. The monoisotopic (exact) mass is 247 g/mol. The van der Waals surface area contributed by atoms with Gasteiger partial charge in [-0.3, -0.25) is 9.59 Å². The number of aldehydes is 1. The van der Waals surface area contributed by atoms with E-state index < -0.39 is 29.1 Å². The van der Waals surface area contributed by atoms with Crippen LogP contribution in [0.1, 0.15) is 22.8 Å². The molecule has 1 aromatic rings. The van der Waals surface area contributed by atoms with Gasteiger partial charge in [0.2, 0.25) is 5.91 Å². The van der Waals surface area contributed by atoms with Crippen LogP contribution in [0.25, 0.3) is 0 Å². The summed E-state index contributed by atoms with van der Waals surface area (Å²) in [4.78, 5) is 21.2. The van der Waals surface area contributed by atoms with Crippen LogP contribution in [-0.4, -0.2) is 17.3 Å². The summed E-state index contributed by atoms with van der Waals surface area (Å²) in [5.74, 6) is -1.77. The number of phenolic OH excluding ortho intramolecular Hbond substituents is 1. The second-order valence-corrected chi connectivity index (χ2v) is 3.26. The molecule has 1 amide bonds. The van der Waals surface area contributed by atoms with Gasteiger partial charge in [-0.05, 0) is 12.1 Å². The number of rotatable bonds is 2. The second kappa shape index (κ2) is 4.44. The number of phenols is 1. The number of aromatic hydroxyl groups is 1. The molecule has 0 unspecified atom stereocenters. The van der Waals surface area contributed by atoms with Crippen molar-refractivity contribution in [3.05, 3.63) is 23.3 Å². The minimum Gasteiger partial charge on any atom is -0.505 e. The van der Waals surface area contributed by atoms with Gasteiger partial charge in [-0.15, -0.1) is 0 Å². The van der Waals surface area contributed by atoms with Gasteiger partial charge in [-0.1, -0.05) is 0 Å². The van der Waals surface area contributed by atoms with E-state index in [2.05, 4.69) is 0 Å². The third kappa shape index (κ3) is 2.96. The molecular weight excluding hydrogens is 239 g/mol. The third-order valence-corrected chi connectivity index (χ3v) is 1.88. The summed E-state index contributed by atoms with van der Waals surface area (Å²) in [6.45, 7) is 1.07. The van der Waals surface area contributed by atoms with Crippen LogP contribution in [0.3, 0.4) is 0 Å². The number of halogens is 3. The predicted octanol–water partition coefficient (Wildman–Crippen LogP) is 2.18. The number of nitrogens with one attached hydrogen (secondary N) is 1. The van der Waals surface area contributed by atoms with Crippen LogP contribution in [0.4, 0.5) is 18.9 Å². The predicted molar refractivity (Wildman–Crippen MR) is 52.8 cm³/mol. The maximum absolute atomic E-state index is 12.5. The Bertz CT molecular complexity index is 469. The molecule has 0 bridgehead atoms. The standard InChI is InChI=1S/C10H8F3NO3/c1-5(16)14-8-3-6(4-15)2-7(9(8)17)10(11,12)13/h2-4,17H,1H3,(H,14,16). The molecular formula is C10H8F3NO3. The van der Waals surface area contributed by atoms with Crippen molar-refractivity contribution in [3.63, 3.8) is 0 Å². The van der Waals surface area contributed by atoms with Crippen molar-refractivity contribution in [2.45, 2.75) is 13.1 Å². The van der Waals surface area contributed by atoms with Gasteiger partial charge in [0.1, 0.15) is 11.8 Å². The number of hydrogen-bond donors (Lipinski definition) is 2.